The van der Waals surface area contributed by atoms with Crippen molar-refractivity contribution in [2.24, 2.45) is 0 Å². The first-order valence-electron chi connectivity index (χ1n) is 3.38. The molecular weight excluding hydrogens is 202 g/mol. The molecule has 0 amide bonds. The van der Waals surface area contributed by atoms with Crippen molar-refractivity contribution in [3.05, 3.63) is 29.3 Å². The van der Waals surface area contributed by atoms with Crippen LogP contribution in [0.25, 0.3) is 0 Å². The van der Waals surface area contributed by atoms with Crippen molar-refractivity contribution in [2.45, 2.75) is 6.61 Å². The van der Waals surface area contributed by atoms with Crippen molar-refractivity contribution in [3.63, 3.8) is 0 Å². The molecule has 0 fully saturated rings. The number of hydrogen-bond acceptors (Lipinski definition) is 2. The molecule has 0 N–H and O–H groups in total. The molecule has 0 aliphatic rings. The minimum Gasteiger partial charge on any atom is -0.432 e. The van der Waals surface area contributed by atoms with Gasteiger partial charge < -0.3 is 4.74 Å². The highest BCUT2D eigenvalue weighted by Crippen LogP contribution is 2.22. The minimum atomic E-state index is -3.22. The van der Waals surface area contributed by atoms with Gasteiger partial charge in [0.2, 0.25) is 0 Å². The van der Waals surface area contributed by atoms with Crippen LogP contribution in [0.3, 0.4) is 0 Å². The predicted octanol–water partition coefficient (Wildman–Crippen LogP) is 2.44. The van der Waals surface area contributed by atoms with Crippen molar-refractivity contribution in [3.8, 4) is 11.8 Å². The highest BCUT2D eigenvalue weighted by molar-refractivity contribution is 5.38. The number of nitrogens with zero attached hydrogens (tertiary/aromatic N) is 1. The van der Waals surface area contributed by atoms with Gasteiger partial charge >= 0.3 is 6.61 Å². The normalized spacial score (nSPS) is 10.0. The summed E-state index contributed by atoms with van der Waals surface area (Å²) >= 11 is 0. The molecule has 0 saturated carbocycles. The van der Waals surface area contributed by atoms with Crippen LogP contribution in [0.2, 0.25) is 0 Å². The Morgan fingerprint density at radius 3 is 2.36 bits per heavy atom. The Kier molecular flexibility index (Phi) is 2.92. The van der Waals surface area contributed by atoms with Gasteiger partial charge in [-0.3, -0.25) is 0 Å². The van der Waals surface area contributed by atoms with E-state index in [-0.39, 0.29) is 0 Å². The van der Waals surface area contributed by atoms with E-state index < -0.39 is 29.6 Å². The second kappa shape index (κ2) is 3.96. The van der Waals surface area contributed by atoms with E-state index in [0.29, 0.717) is 12.1 Å². The number of halogens is 4. The van der Waals surface area contributed by atoms with Crippen LogP contribution in [0, 0.1) is 23.0 Å². The first-order chi connectivity index (χ1) is 6.54. The quantitative estimate of drug-likeness (QED) is 0.694. The Labute approximate surface area is 76.3 Å². The van der Waals surface area contributed by atoms with Crippen LogP contribution in [0.15, 0.2) is 12.1 Å². The number of rotatable bonds is 2. The van der Waals surface area contributed by atoms with Crippen molar-refractivity contribution < 1.29 is 22.3 Å². The highest BCUT2D eigenvalue weighted by atomic mass is 19.3. The molecule has 0 bridgehead atoms. The highest BCUT2D eigenvalue weighted by Gasteiger charge is 2.14. The maximum absolute atomic E-state index is 12.7. The molecule has 0 atom stereocenters. The van der Waals surface area contributed by atoms with Gasteiger partial charge in [-0.2, -0.15) is 14.0 Å². The molecule has 1 rings (SSSR count). The fraction of sp³-hybridized carbons (Fsp3) is 0.125. The summed E-state index contributed by atoms with van der Waals surface area (Å²) in [7, 11) is 0. The van der Waals surface area contributed by atoms with E-state index in [1.807, 2.05) is 0 Å². The summed E-state index contributed by atoms with van der Waals surface area (Å²) in [6.45, 7) is -3.22. The fourth-order valence-corrected chi connectivity index (χ4v) is 0.801. The summed E-state index contributed by atoms with van der Waals surface area (Å²) in [6.07, 6.45) is 0. The first kappa shape index (κ1) is 10.3. The number of hydrogen-bond donors (Lipinski definition) is 0. The van der Waals surface area contributed by atoms with Crippen molar-refractivity contribution in [2.75, 3.05) is 0 Å². The second-order valence-electron chi connectivity index (χ2n) is 2.25. The van der Waals surface area contributed by atoms with Crippen LogP contribution in [-0.4, -0.2) is 6.61 Å². The van der Waals surface area contributed by atoms with Crippen LogP contribution in [-0.2, 0) is 0 Å². The Bertz CT molecular complexity index is 386. The molecule has 0 saturated heterocycles. The van der Waals surface area contributed by atoms with Crippen LogP contribution in [0.4, 0.5) is 17.6 Å². The molecule has 0 heterocycles. The lowest BCUT2D eigenvalue weighted by Gasteiger charge is -2.05. The van der Waals surface area contributed by atoms with E-state index in [2.05, 4.69) is 4.74 Å². The van der Waals surface area contributed by atoms with Crippen LogP contribution in [0.5, 0.6) is 5.75 Å². The molecule has 0 aliphatic carbocycles. The van der Waals surface area contributed by atoms with Crippen LogP contribution >= 0.6 is 0 Å². The number of nitriles is 1. The van der Waals surface area contributed by atoms with Gasteiger partial charge in [0.05, 0.1) is 5.56 Å². The number of alkyl halides is 2. The predicted molar refractivity (Wildman–Crippen MR) is 37.7 cm³/mol. The Morgan fingerprint density at radius 2 is 1.86 bits per heavy atom. The molecule has 0 aromatic heterocycles. The Balaban J connectivity index is 3.12. The minimum absolute atomic E-state index is 0.316. The Hall–Kier alpha value is -1.77. The summed E-state index contributed by atoms with van der Waals surface area (Å²) in [5.74, 6) is -3.24. The summed E-state index contributed by atoms with van der Waals surface area (Å²) in [5, 5.41) is 8.31. The molecule has 1 aromatic carbocycles. The van der Waals surface area contributed by atoms with Gasteiger partial charge in [0.1, 0.15) is 11.9 Å². The lowest BCUT2D eigenvalue weighted by Crippen LogP contribution is -2.04. The molecule has 14 heavy (non-hydrogen) atoms. The molecule has 0 aliphatic heterocycles. The van der Waals surface area contributed by atoms with Gasteiger partial charge in [0.25, 0.3) is 0 Å². The van der Waals surface area contributed by atoms with Gasteiger partial charge in [-0.1, -0.05) is 0 Å². The Morgan fingerprint density at radius 1 is 1.21 bits per heavy atom. The molecule has 0 radical (unpaired) electrons. The number of ether oxygens (including phenoxy) is 1. The fourth-order valence-electron chi connectivity index (χ4n) is 0.801. The largest absolute Gasteiger partial charge is 0.432 e. The molecule has 2 nitrogen and oxygen atoms in total. The van der Waals surface area contributed by atoms with E-state index in [1.54, 1.807) is 0 Å². The smallest absolute Gasteiger partial charge is 0.387 e. The topological polar surface area (TPSA) is 33.0 Å². The third-order valence-electron chi connectivity index (χ3n) is 1.36. The molecule has 6 heteroatoms. The zero-order valence-electron chi connectivity index (χ0n) is 6.60. The van der Waals surface area contributed by atoms with E-state index in [0.717, 1.165) is 0 Å². The summed E-state index contributed by atoms with van der Waals surface area (Å²) in [4.78, 5) is 0. The van der Waals surface area contributed by atoms with Gasteiger partial charge in [0.15, 0.2) is 11.6 Å². The third kappa shape index (κ3) is 2.13. The average molecular weight is 205 g/mol. The molecular formula is C8H3F4NO. The SMILES string of the molecule is N#Cc1cc(OC(F)F)c(F)cc1F. The van der Waals surface area contributed by atoms with E-state index in [4.69, 9.17) is 5.26 Å². The van der Waals surface area contributed by atoms with Gasteiger partial charge in [-0.05, 0) is 0 Å². The van der Waals surface area contributed by atoms with Crippen molar-refractivity contribution in [1.29, 1.82) is 5.26 Å². The van der Waals surface area contributed by atoms with Gasteiger partial charge in [0, 0.05) is 12.1 Å². The van der Waals surface area contributed by atoms with Gasteiger partial charge in [-0.15, -0.1) is 0 Å². The zero-order chi connectivity index (χ0) is 10.7. The summed E-state index contributed by atoms with van der Waals surface area (Å²) in [6, 6.07) is 2.27. The summed E-state index contributed by atoms with van der Waals surface area (Å²) in [5.41, 5.74) is -0.554. The molecule has 1 aromatic rings. The maximum Gasteiger partial charge on any atom is 0.387 e. The second-order valence-corrected chi connectivity index (χ2v) is 2.25. The van der Waals surface area contributed by atoms with Crippen molar-refractivity contribution >= 4 is 0 Å². The van der Waals surface area contributed by atoms with Crippen LogP contribution in [0.1, 0.15) is 5.56 Å². The third-order valence-corrected chi connectivity index (χ3v) is 1.36. The summed E-state index contributed by atoms with van der Waals surface area (Å²) < 4.78 is 52.4. The monoisotopic (exact) mass is 205 g/mol. The maximum atomic E-state index is 12.7. The van der Waals surface area contributed by atoms with E-state index in [9.17, 15) is 17.6 Å². The van der Waals surface area contributed by atoms with Crippen LogP contribution < -0.4 is 4.74 Å². The molecule has 74 valence electrons. The lowest BCUT2D eigenvalue weighted by atomic mass is 10.2. The average Bonchev–Trinajstić information content (AvgIpc) is 2.09. The number of benzene rings is 1. The molecule has 0 spiro atoms. The van der Waals surface area contributed by atoms with E-state index in [1.165, 1.54) is 6.07 Å². The van der Waals surface area contributed by atoms with Gasteiger partial charge in [-0.25, -0.2) is 8.78 Å². The zero-order valence-corrected chi connectivity index (χ0v) is 6.60. The van der Waals surface area contributed by atoms with E-state index >= 15 is 0 Å². The lowest BCUT2D eigenvalue weighted by molar-refractivity contribution is -0.0522. The molecule has 0 unspecified atom stereocenters. The first-order valence-corrected chi connectivity index (χ1v) is 3.38. The van der Waals surface area contributed by atoms with Crippen molar-refractivity contribution in [1.82, 2.24) is 0 Å². The standard InChI is InChI=1S/C8H3F4NO/c9-5-2-6(10)7(14-8(11)12)1-4(5)3-13/h1-2,8H.